The van der Waals surface area contributed by atoms with E-state index in [-0.39, 0.29) is 11.7 Å². The van der Waals surface area contributed by atoms with Crippen molar-refractivity contribution in [3.05, 3.63) is 24.0 Å². The summed E-state index contributed by atoms with van der Waals surface area (Å²) in [6.07, 6.45) is 3.99. The van der Waals surface area contributed by atoms with Crippen molar-refractivity contribution in [2.75, 3.05) is 13.2 Å². The van der Waals surface area contributed by atoms with Gasteiger partial charge in [0.25, 0.3) is 0 Å². The summed E-state index contributed by atoms with van der Waals surface area (Å²) in [5.41, 5.74) is 6.26. The van der Waals surface area contributed by atoms with Crippen molar-refractivity contribution in [1.82, 2.24) is 4.98 Å². The Morgan fingerprint density at radius 1 is 1.44 bits per heavy atom. The number of nitrogens with zero attached hydrogens (tertiary/aromatic N) is 1. The van der Waals surface area contributed by atoms with Gasteiger partial charge in [0.1, 0.15) is 5.75 Å². The minimum atomic E-state index is -0.135. The number of nitrogens with two attached hydrogens (primary N) is 1. The minimum Gasteiger partial charge on any atom is -0.492 e. The first kappa shape index (κ1) is 14.6. The van der Waals surface area contributed by atoms with Crippen molar-refractivity contribution in [1.29, 1.82) is 0 Å². The van der Waals surface area contributed by atoms with Gasteiger partial charge in [-0.2, -0.15) is 0 Å². The summed E-state index contributed by atoms with van der Waals surface area (Å²) in [7, 11) is 0. The van der Waals surface area contributed by atoms with E-state index in [0.29, 0.717) is 30.4 Å². The van der Waals surface area contributed by atoms with Gasteiger partial charge in [0.2, 0.25) is 0 Å². The van der Waals surface area contributed by atoms with E-state index in [1.54, 1.807) is 18.5 Å². The zero-order valence-electron chi connectivity index (χ0n) is 11.3. The standard InChI is InChI=1S/C14H22N2O2/c1-4-18-13-6-12(8-16-9-13)14(17)11(7-15)5-10(2)3/h6,8-11H,4-5,7,15H2,1-3H3. The summed E-state index contributed by atoms with van der Waals surface area (Å²) in [5, 5.41) is 0. The molecular formula is C14H22N2O2. The van der Waals surface area contributed by atoms with Crippen LogP contribution < -0.4 is 10.5 Å². The topological polar surface area (TPSA) is 65.2 Å². The molecule has 1 unspecified atom stereocenters. The Hall–Kier alpha value is -1.42. The molecule has 18 heavy (non-hydrogen) atoms. The molecule has 1 atom stereocenters. The average molecular weight is 250 g/mol. The molecule has 4 heteroatoms. The second-order valence-electron chi connectivity index (χ2n) is 4.77. The SMILES string of the molecule is CCOc1cncc(C(=O)C(CN)CC(C)C)c1. The molecule has 0 aliphatic carbocycles. The molecule has 0 aromatic carbocycles. The largest absolute Gasteiger partial charge is 0.492 e. The number of rotatable bonds is 7. The molecule has 0 saturated heterocycles. The summed E-state index contributed by atoms with van der Waals surface area (Å²) < 4.78 is 5.35. The molecule has 0 bridgehead atoms. The number of carbonyl (C=O) groups is 1. The van der Waals surface area contributed by atoms with Crippen LogP contribution in [0.3, 0.4) is 0 Å². The average Bonchev–Trinajstić information content (AvgIpc) is 2.35. The van der Waals surface area contributed by atoms with E-state index in [4.69, 9.17) is 10.5 Å². The molecule has 0 spiro atoms. The van der Waals surface area contributed by atoms with Gasteiger partial charge in [0, 0.05) is 24.2 Å². The highest BCUT2D eigenvalue weighted by Gasteiger charge is 2.20. The summed E-state index contributed by atoms with van der Waals surface area (Å²) in [5.74, 6) is 0.998. The van der Waals surface area contributed by atoms with Crippen LogP contribution in [0.15, 0.2) is 18.5 Å². The van der Waals surface area contributed by atoms with E-state index in [1.165, 1.54) is 0 Å². The van der Waals surface area contributed by atoms with E-state index in [1.807, 2.05) is 6.92 Å². The van der Waals surface area contributed by atoms with Gasteiger partial charge in [-0.15, -0.1) is 0 Å². The molecule has 0 fully saturated rings. The lowest BCUT2D eigenvalue weighted by atomic mass is 9.90. The molecule has 4 nitrogen and oxygen atoms in total. The van der Waals surface area contributed by atoms with Crippen molar-refractivity contribution in [3.63, 3.8) is 0 Å². The second kappa shape index (κ2) is 7.11. The minimum absolute atomic E-state index is 0.0558. The number of hydrogen-bond acceptors (Lipinski definition) is 4. The molecule has 1 aromatic rings. The predicted octanol–water partition coefficient (Wildman–Crippen LogP) is 2.28. The number of aromatic nitrogens is 1. The Balaban J connectivity index is 2.84. The van der Waals surface area contributed by atoms with Crippen LogP contribution in [-0.4, -0.2) is 23.9 Å². The Kier molecular flexibility index (Phi) is 5.78. The number of hydrogen-bond donors (Lipinski definition) is 1. The van der Waals surface area contributed by atoms with E-state index in [0.717, 1.165) is 6.42 Å². The first-order valence-electron chi connectivity index (χ1n) is 6.40. The molecule has 2 N–H and O–H groups in total. The molecule has 0 saturated carbocycles. The second-order valence-corrected chi connectivity index (χ2v) is 4.77. The highest BCUT2D eigenvalue weighted by molar-refractivity contribution is 5.98. The van der Waals surface area contributed by atoms with E-state index in [9.17, 15) is 4.79 Å². The third kappa shape index (κ3) is 4.11. The number of Topliss-reactive ketones (excluding diaryl/α,β-unsaturated/α-hetero) is 1. The van der Waals surface area contributed by atoms with E-state index < -0.39 is 0 Å². The van der Waals surface area contributed by atoms with Crippen LogP contribution in [0.5, 0.6) is 5.75 Å². The van der Waals surface area contributed by atoms with Crippen molar-refractivity contribution < 1.29 is 9.53 Å². The summed E-state index contributed by atoms with van der Waals surface area (Å²) in [4.78, 5) is 16.3. The van der Waals surface area contributed by atoms with Crippen LogP contribution in [-0.2, 0) is 0 Å². The lowest BCUT2D eigenvalue weighted by molar-refractivity contribution is 0.0908. The summed E-state index contributed by atoms with van der Waals surface area (Å²) in [6, 6.07) is 1.74. The first-order chi connectivity index (χ1) is 8.58. The fraction of sp³-hybridized carbons (Fsp3) is 0.571. The Labute approximate surface area is 109 Å². The van der Waals surface area contributed by atoms with Crippen LogP contribution in [0.4, 0.5) is 0 Å². The zero-order chi connectivity index (χ0) is 13.5. The lowest BCUT2D eigenvalue weighted by Crippen LogP contribution is -2.25. The molecule has 0 aliphatic heterocycles. The third-order valence-corrected chi connectivity index (χ3v) is 2.72. The third-order valence-electron chi connectivity index (χ3n) is 2.72. The molecule has 100 valence electrons. The maximum absolute atomic E-state index is 12.3. The van der Waals surface area contributed by atoms with Gasteiger partial charge in [-0.05, 0) is 25.3 Å². The number of ketones is 1. The van der Waals surface area contributed by atoms with Crippen LogP contribution >= 0.6 is 0 Å². The normalized spacial score (nSPS) is 12.5. The molecule has 1 aromatic heterocycles. The fourth-order valence-corrected chi connectivity index (χ4v) is 1.91. The smallest absolute Gasteiger partial charge is 0.168 e. The van der Waals surface area contributed by atoms with Gasteiger partial charge in [-0.1, -0.05) is 13.8 Å². The maximum atomic E-state index is 12.3. The van der Waals surface area contributed by atoms with Crippen molar-refractivity contribution in [3.8, 4) is 5.75 Å². The summed E-state index contributed by atoms with van der Waals surface area (Å²) >= 11 is 0. The van der Waals surface area contributed by atoms with Gasteiger partial charge < -0.3 is 10.5 Å². The van der Waals surface area contributed by atoms with Crippen LogP contribution in [0, 0.1) is 11.8 Å². The van der Waals surface area contributed by atoms with Gasteiger partial charge in [-0.25, -0.2) is 0 Å². The van der Waals surface area contributed by atoms with Crippen molar-refractivity contribution >= 4 is 5.78 Å². The van der Waals surface area contributed by atoms with E-state index in [2.05, 4.69) is 18.8 Å². The molecule has 1 rings (SSSR count). The number of carbonyl (C=O) groups excluding carboxylic acids is 1. The van der Waals surface area contributed by atoms with Gasteiger partial charge in [-0.3, -0.25) is 9.78 Å². The Morgan fingerprint density at radius 3 is 2.72 bits per heavy atom. The summed E-state index contributed by atoms with van der Waals surface area (Å²) in [6.45, 7) is 7.01. The molecule has 0 amide bonds. The highest BCUT2D eigenvalue weighted by Crippen LogP contribution is 2.19. The predicted molar refractivity (Wildman–Crippen MR) is 71.7 cm³/mol. The monoisotopic (exact) mass is 250 g/mol. The number of pyridine rings is 1. The highest BCUT2D eigenvalue weighted by atomic mass is 16.5. The van der Waals surface area contributed by atoms with Crippen LogP contribution in [0.2, 0.25) is 0 Å². The van der Waals surface area contributed by atoms with Gasteiger partial charge in [0.15, 0.2) is 5.78 Å². The molecule has 0 radical (unpaired) electrons. The zero-order valence-corrected chi connectivity index (χ0v) is 11.3. The van der Waals surface area contributed by atoms with Gasteiger partial charge >= 0.3 is 0 Å². The first-order valence-corrected chi connectivity index (χ1v) is 6.40. The fourth-order valence-electron chi connectivity index (χ4n) is 1.91. The lowest BCUT2D eigenvalue weighted by Gasteiger charge is -2.16. The van der Waals surface area contributed by atoms with Crippen molar-refractivity contribution in [2.45, 2.75) is 27.2 Å². The van der Waals surface area contributed by atoms with Crippen molar-refractivity contribution in [2.24, 2.45) is 17.6 Å². The molecule has 1 heterocycles. The quantitative estimate of drug-likeness (QED) is 0.754. The molecular weight excluding hydrogens is 228 g/mol. The molecule has 0 aliphatic rings. The van der Waals surface area contributed by atoms with Crippen LogP contribution in [0.25, 0.3) is 0 Å². The number of ether oxygens (including phenoxy) is 1. The van der Waals surface area contributed by atoms with Gasteiger partial charge in [0.05, 0.1) is 12.8 Å². The van der Waals surface area contributed by atoms with Crippen LogP contribution in [0.1, 0.15) is 37.6 Å². The Bertz CT molecular complexity index is 391. The Morgan fingerprint density at radius 2 is 2.17 bits per heavy atom. The van der Waals surface area contributed by atoms with E-state index >= 15 is 0 Å². The maximum Gasteiger partial charge on any atom is 0.168 e.